The molecule has 0 spiro atoms. The second kappa shape index (κ2) is 5.32. The van der Waals surface area contributed by atoms with Crippen molar-refractivity contribution in [1.29, 1.82) is 0 Å². The third kappa shape index (κ3) is 2.71. The van der Waals surface area contributed by atoms with E-state index in [1.54, 1.807) is 0 Å². The number of hydrogen-bond donors (Lipinski definition) is 0. The van der Waals surface area contributed by atoms with Crippen molar-refractivity contribution < 1.29 is 0 Å². The summed E-state index contributed by atoms with van der Waals surface area (Å²) < 4.78 is -4.85. The fourth-order valence-corrected chi connectivity index (χ4v) is 3.95. The van der Waals surface area contributed by atoms with E-state index in [2.05, 4.69) is 0 Å². The molecule has 1 aliphatic rings. The van der Waals surface area contributed by atoms with Crippen molar-refractivity contribution in [2.24, 2.45) is 0 Å². The zero-order valence-electron chi connectivity index (χ0n) is 9.19. The summed E-state index contributed by atoms with van der Waals surface area (Å²) in [5, 5.41) is -1.10. The maximum absolute atomic E-state index is 6.31. The van der Waals surface area contributed by atoms with Gasteiger partial charge in [-0.15, -0.1) is 11.6 Å². The average molecular weight is 399 g/mol. The van der Waals surface area contributed by atoms with Gasteiger partial charge < -0.3 is 0 Å². The third-order valence-corrected chi connectivity index (χ3v) is 7.03. The second-order valence-corrected chi connectivity index (χ2v) is 8.75. The summed E-state index contributed by atoms with van der Waals surface area (Å²) in [7, 11) is 0. The van der Waals surface area contributed by atoms with Crippen molar-refractivity contribution >= 4 is 86.8 Å². The first-order chi connectivity index (χ1) is 8.61. The molecular formula is C12H7Cl7. The minimum absolute atomic E-state index is 0.471. The SMILES string of the molecule is ClC1C(Cl)(Cl)C(c2ccccc2)=CC(Cl)(Cl)C1(Cl)Cl. The molecule has 0 saturated heterocycles. The van der Waals surface area contributed by atoms with Crippen LogP contribution in [-0.2, 0) is 0 Å². The van der Waals surface area contributed by atoms with Gasteiger partial charge in [0, 0.05) is 0 Å². The average Bonchev–Trinajstić information content (AvgIpc) is 2.34. The Morgan fingerprint density at radius 2 is 1.37 bits per heavy atom. The fraction of sp³-hybridized carbons (Fsp3) is 0.333. The summed E-state index contributed by atoms with van der Waals surface area (Å²) in [4.78, 5) is 0. The molecule has 0 nitrogen and oxygen atoms in total. The number of alkyl halides is 7. The molecule has 104 valence electrons. The van der Waals surface area contributed by atoms with Gasteiger partial charge >= 0.3 is 0 Å². The highest BCUT2D eigenvalue weighted by Crippen LogP contribution is 2.60. The minimum atomic E-state index is -1.72. The molecule has 0 bridgehead atoms. The number of benzene rings is 1. The van der Waals surface area contributed by atoms with Crippen LogP contribution in [0.4, 0.5) is 0 Å². The van der Waals surface area contributed by atoms with Crippen molar-refractivity contribution in [3.05, 3.63) is 42.0 Å². The summed E-state index contributed by atoms with van der Waals surface area (Å²) in [6.45, 7) is 0. The first kappa shape index (κ1) is 16.4. The molecule has 2 rings (SSSR count). The molecule has 1 aliphatic carbocycles. The van der Waals surface area contributed by atoms with Crippen LogP contribution in [0.25, 0.3) is 5.57 Å². The second-order valence-electron chi connectivity index (χ2n) is 4.16. The van der Waals surface area contributed by atoms with E-state index in [1.165, 1.54) is 6.08 Å². The molecule has 19 heavy (non-hydrogen) atoms. The van der Waals surface area contributed by atoms with Crippen LogP contribution in [0.5, 0.6) is 0 Å². The number of hydrogen-bond acceptors (Lipinski definition) is 0. The van der Waals surface area contributed by atoms with Gasteiger partial charge in [0.05, 0.1) is 0 Å². The van der Waals surface area contributed by atoms with E-state index in [9.17, 15) is 0 Å². The van der Waals surface area contributed by atoms with Crippen LogP contribution in [0.3, 0.4) is 0 Å². The summed E-state index contributed by atoms with van der Waals surface area (Å²) in [5.74, 6) is 0. The lowest BCUT2D eigenvalue weighted by Gasteiger charge is -2.45. The van der Waals surface area contributed by atoms with E-state index < -0.39 is 18.4 Å². The van der Waals surface area contributed by atoms with Crippen LogP contribution in [0.2, 0.25) is 0 Å². The van der Waals surface area contributed by atoms with Crippen LogP contribution in [-0.4, -0.2) is 18.4 Å². The predicted molar refractivity (Wildman–Crippen MR) is 87.4 cm³/mol. The lowest BCUT2D eigenvalue weighted by atomic mass is 9.91. The van der Waals surface area contributed by atoms with Crippen molar-refractivity contribution in [1.82, 2.24) is 0 Å². The van der Waals surface area contributed by atoms with Crippen molar-refractivity contribution in [2.75, 3.05) is 0 Å². The summed E-state index contributed by atoms with van der Waals surface area (Å²) >= 11 is 43.3. The van der Waals surface area contributed by atoms with E-state index in [-0.39, 0.29) is 0 Å². The van der Waals surface area contributed by atoms with E-state index in [0.717, 1.165) is 5.56 Å². The van der Waals surface area contributed by atoms with E-state index in [1.807, 2.05) is 30.3 Å². The maximum atomic E-state index is 6.31. The Morgan fingerprint density at radius 3 is 1.89 bits per heavy atom. The molecule has 0 amide bonds. The molecule has 1 unspecified atom stereocenters. The Balaban J connectivity index is 2.64. The van der Waals surface area contributed by atoms with Gasteiger partial charge in [0.1, 0.15) is 5.38 Å². The molecule has 0 aliphatic heterocycles. The highest BCUT2D eigenvalue weighted by molar-refractivity contribution is 6.69. The van der Waals surface area contributed by atoms with Crippen molar-refractivity contribution in [2.45, 2.75) is 18.4 Å². The smallest absolute Gasteiger partial charge is 0.116 e. The van der Waals surface area contributed by atoms with Crippen LogP contribution in [0, 0.1) is 0 Å². The van der Waals surface area contributed by atoms with Crippen molar-refractivity contribution in [3.63, 3.8) is 0 Å². The zero-order valence-corrected chi connectivity index (χ0v) is 14.5. The summed E-state index contributed by atoms with van der Waals surface area (Å²) in [6.07, 6.45) is 1.43. The van der Waals surface area contributed by atoms with Gasteiger partial charge in [-0.05, 0) is 17.2 Å². The first-order valence-electron chi connectivity index (χ1n) is 5.17. The highest BCUT2D eigenvalue weighted by atomic mass is 35.5. The van der Waals surface area contributed by atoms with Crippen molar-refractivity contribution in [3.8, 4) is 0 Å². The number of rotatable bonds is 1. The molecule has 0 fully saturated rings. The Kier molecular flexibility index (Phi) is 4.58. The van der Waals surface area contributed by atoms with Crippen LogP contribution < -0.4 is 0 Å². The van der Waals surface area contributed by atoms with Gasteiger partial charge in [0.25, 0.3) is 0 Å². The summed E-state index contributed by atoms with van der Waals surface area (Å²) in [6, 6.07) is 9.15. The Hall–Kier alpha value is 0.990. The lowest BCUT2D eigenvalue weighted by Crippen LogP contribution is -2.54. The molecule has 1 aromatic carbocycles. The number of halogens is 7. The third-order valence-electron chi connectivity index (χ3n) is 2.85. The van der Waals surface area contributed by atoms with Crippen LogP contribution >= 0.6 is 81.2 Å². The van der Waals surface area contributed by atoms with Crippen LogP contribution in [0.15, 0.2) is 36.4 Å². The Bertz CT molecular complexity index is 504. The van der Waals surface area contributed by atoms with Gasteiger partial charge in [-0.3, -0.25) is 0 Å². The lowest BCUT2D eigenvalue weighted by molar-refractivity contribution is 0.650. The largest absolute Gasteiger partial charge is 0.174 e. The Morgan fingerprint density at radius 1 is 0.842 bits per heavy atom. The molecule has 0 aromatic heterocycles. The molecule has 1 aromatic rings. The molecule has 0 radical (unpaired) electrons. The van der Waals surface area contributed by atoms with Gasteiger partial charge in [-0.1, -0.05) is 99.9 Å². The first-order valence-corrected chi connectivity index (χ1v) is 7.87. The molecule has 0 N–H and O–H groups in total. The monoisotopic (exact) mass is 396 g/mol. The molecule has 0 heterocycles. The summed E-state index contributed by atoms with van der Waals surface area (Å²) in [5.41, 5.74) is 1.21. The molecular weight excluding hydrogens is 392 g/mol. The molecule has 7 heteroatoms. The van der Waals surface area contributed by atoms with E-state index in [0.29, 0.717) is 5.57 Å². The normalized spacial score (nSPS) is 27.7. The highest BCUT2D eigenvalue weighted by Gasteiger charge is 2.62. The van der Waals surface area contributed by atoms with Gasteiger partial charge in [-0.25, -0.2) is 0 Å². The number of allylic oxidation sites excluding steroid dienone is 2. The predicted octanol–water partition coefficient (Wildman–Crippen LogP) is 6.21. The van der Waals surface area contributed by atoms with E-state index >= 15 is 0 Å². The van der Waals surface area contributed by atoms with Gasteiger partial charge in [-0.2, -0.15) is 0 Å². The topological polar surface area (TPSA) is 0 Å². The van der Waals surface area contributed by atoms with Gasteiger partial charge in [0.15, 0.2) is 13.0 Å². The molecule has 1 atom stereocenters. The van der Waals surface area contributed by atoms with E-state index in [4.69, 9.17) is 81.2 Å². The van der Waals surface area contributed by atoms with Crippen LogP contribution in [0.1, 0.15) is 5.56 Å². The Labute approximate surface area is 146 Å². The minimum Gasteiger partial charge on any atom is -0.116 e. The maximum Gasteiger partial charge on any atom is 0.174 e. The standard InChI is InChI=1S/C12H7Cl7/c13-9-11(16,17)8(7-4-2-1-3-5-7)6-10(14,15)12(9,18)19/h1-6,9H. The zero-order chi connectivity index (χ0) is 14.5. The fourth-order valence-electron chi connectivity index (χ4n) is 1.80. The quantitative estimate of drug-likeness (QED) is 0.493. The molecule has 0 saturated carbocycles. The van der Waals surface area contributed by atoms with Gasteiger partial charge in [0.2, 0.25) is 0 Å².